The molecule has 1 saturated heterocycles. The molecule has 1 fully saturated rings. The van der Waals surface area contributed by atoms with E-state index in [1.165, 1.54) is 0 Å². The molecule has 1 aliphatic rings. The summed E-state index contributed by atoms with van der Waals surface area (Å²) in [5, 5.41) is 0. The third kappa shape index (κ3) is 2.14. The van der Waals surface area contributed by atoms with Crippen molar-refractivity contribution in [2.75, 3.05) is 13.1 Å². The average Bonchev–Trinajstić information content (AvgIpc) is 2.30. The summed E-state index contributed by atoms with van der Waals surface area (Å²) >= 11 is 3.50. The van der Waals surface area contributed by atoms with Gasteiger partial charge < -0.3 is 0 Å². The van der Waals surface area contributed by atoms with E-state index in [1.807, 2.05) is 0 Å². The van der Waals surface area contributed by atoms with Crippen molar-refractivity contribution in [2.45, 2.75) is 37.3 Å². The number of sulfonamides is 1. The first kappa shape index (κ1) is 12.5. The normalized spacial score (nSPS) is 30.9. The van der Waals surface area contributed by atoms with Gasteiger partial charge in [-0.3, -0.25) is 0 Å². The molecule has 2 unspecified atom stereocenters. The van der Waals surface area contributed by atoms with Gasteiger partial charge in [0.2, 0.25) is 10.0 Å². The lowest BCUT2D eigenvalue weighted by molar-refractivity contribution is 0.440. The van der Waals surface area contributed by atoms with Crippen molar-refractivity contribution in [2.24, 2.45) is 5.92 Å². The van der Waals surface area contributed by atoms with E-state index in [0.29, 0.717) is 23.8 Å². The quantitative estimate of drug-likeness (QED) is 0.689. The summed E-state index contributed by atoms with van der Waals surface area (Å²) in [7, 11) is -3.14. The minimum atomic E-state index is -3.14. The van der Waals surface area contributed by atoms with E-state index in [-0.39, 0.29) is 0 Å². The molecule has 1 heterocycles. The van der Waals surface area contributed by atoms with Crippen LogP contribution in [0.3, 0.4) is 0 Å². The minimum absolute atomic E-state index is 0.291. The SMILES string of the molecule is CC1CN(S(=O)(=O)C(C)(C)C)CC1Br. The number of halogens is 1. The molecular formula is C9H18BrNO2S. The number of hydrogen-bond acceptors (Lipinski definition) is 2. The van der Waals surface area contributed by atoms with Crippen LogP contribution in [0.5, 0.6) is 0 Å². The van der Waals surface area contributed by atoms with Gasteiger partial charge in [-0.25, -0.2) is 12.7 Å². The van der Waals surface area contributed by atoms with E-state index in [0.717, 1.165) is 0 Å². The van der Waals surface area contributed by atoms with E-state index in [9.17, 15) is 8.42 Å². The van der Waals surface area contributed by atoms with Crippen molar-refractivity contribution in [1.82, 2.24) is 4.31 Å². The van der Waals surface area contributed by atoms with Gasteiger partial charge in [0.25, 0.3) is 0 Å². The van der Waals surface area contributed by atoms with E-state index in [2.05, 4.69) is 22.9 Å². The highest BCUT2D eigenvalue weighted by Crippen LogP contribution is 2.30. The van der Waals surface area contributed by atoms with Crippen molar-refractivity contribution in [3.63, 3.8) is 0 Å². The van der Waals surface area contributed by atoms with Gasteiger partial charge in [0.15, 0.2) is 0 Å². The second-order valence-electron chi connectivity index (χ2n) is 4.93. The van der Waals surface area contributed by atoms with E-state index in [4.69, 9.17) is 0 Å². The van der Waals surface area contributed by atoms with Gasteiger partial charge in [-0.1, -0.05) is 22.9 Å². The van der Waals surface area contributed by atoms with Crippen LogP contribution in [0.25, 0.3) is 0 Å². The molecule has 0 aliphatic carbocycles. The van der Waals surface area contributed by atoms with Crippen molar-refractivity contribution in [1.29, 1.82) is 0 Å². The highest BCUT2D eigenvalue weighted by molar-refractivity contribution is 9.09. The predicted molar refractivity (Wildman–Crippen MR) is 62.1 cm³/mol. The third-order valence-electron chi connectivity index (χ3n) is 2.60. The maximum atomic E-state index is 12.1. The molecule has 0 saturated carbocycles. The second kappa shape index (κ2) is 3.76. The minimum Gasteiger partial charge on any atom is -0.212 e. The molecule has 0 aromatic rings. The van der Waals surface area contributed by atoms with Crippen LogP contribution in [0.4, 0.5) is 0 Å². The molecule has 1 rings (SSSR count). The molecule has 14 heavy (non-hydrogen) atoms. The predicted octanol–water partition coefficient (Wildman–Crippen LogP) is 1.83. The lowest BCUT2D eigenvalue weighted by Crippen LogP contribution is -2.41. The molecule has 0 bridgehead atoms. The Morgan fingerprint density at radius 2 is 1.79 bits per heavy atom. The Bertz CT molecular complexity index is 297. The van der Waals surface area contributed by atoms with Crippen molar-refractivity contribution >= 4 is 26.0 Å². The van der Waals surface area contributed by atoms with E-state index >= 15 is 0 Å². The molecular weight excluding hydrogens is 266 g/mol. The van der Waals surface area contributed by atoms with Gasteiger partial charge in [0.05, 0.1) is 4.75 Å². The summed E-state index contributed by atoms with van der Waals surface area (Å²) in [6.45, 7) is 8.53. The zero-order chi connectivity index (χ0) is 11.1. The summed E-state index contributed by atoms with van der Waals surface area (Å²) in [5.74, 6) is 0.395. The van der Waals surface area contributed by atoms with Gasteiger partial charge in [0.1, 0.15) is 0 Å². The number of alkyl halides is 1. The van der Waals surface area contributed by atoms with Crippen molar-refractivity contribution in [3.05, 3.63) is 0 Å². The van der Waals surface area contributed by atoms with Crippen LogP contribution in [0.1, 0.15) is 27.7 Å². The van der Waals surface area contributed by atoms with Crippen LogP contribution in [0.15, 0.2) is 0 Å². The topological polar surface area (TPSA) is 37.4 Å². The Morgan fingerprint density at radius 3 is 2.07 bits per heavy atom. The first-order valence-electron chi connectivity index (χ1n) is 4.80. The van der Waals surface area contributed by atoms with Gasteiger partial charge in [0, 0.05) is 17.9 Å². The van der Waals surface area contributed by atoms with Crippen molar-refractivity contribution in [3.8, 4) is 0 Å². The average molecular weight is 284 g/mol. The Kier molecular flexibility index (Phi) is 3.34. The fourth-order valence-electron chi connectivity index (χ4n) is 1.47. The molecule has 0 N–H and O–H groups in total. The number of rotatable bonds is 1. The molecule has 1 aliphatic heterocycles. The van der Waals surface area contributed by atoms with Gasteiger partial charge in [-0.05, 0) is 26.7 Å². The molecule has 3 nitrogen and oxygen atoms in total. The van der Waals surface area contributed by atoms with Crippen LogP contribution in [-0.4, -0.2) is 35.4 Å². The Labute approximate surface area is 95.0 Å². The molecule has 0 aromatic carbocycles. The molecule has 0 spiro atoms. The molecule has 2 atom stereocenters. The Hall–Kier alpha value is 0.390. The molecule has 0 radical (unpaired) electrons. The fraction of sp³-hybridized carbons (Fsp3) is 1.00. The van der Waals surface area contributed by atoms with Crippen LogP contribution < -0.4 is 0 Å². The lowest BCUT2D eigenvalue weighted by atomic mass is 10.2. The highest BCUT2D eigenvalue weighted by Gasteiger charge is 2.41. The van der Waals surface area contributed by atoms with Crippen LogP contribution in [0.2, 0.25) is 0 Å². The first-order valence-corrected chi connectivity index (χ1v) is 7.15. The zero-order valence-corrected chi connectivity index (χ0v) is 11.5. The zero-order valence-electron chi connectivity index (χ0n) is 9.12. The van der Waals surface area contributed by atoms with Gasteiger partial charge >= 0.3 is 0 Å². The maximum absolute atomic E-state index is 12.1. The first-order chi connectivity index (χ1) is 6.16. The second-order valence-corrected chi connectivity index (χ2v) is 8.80. The molecule has 0 amide bonds. The van der Waals surface area contributed by atoms with E-state index in [1.54, 1.807) is 25.1 Å². The standard InChI is InChI=1S/C9H18BrNO2S/c1-7-5-11(6-8(7)10)14(12,13)9(2,3)4/h7-8H,5-6H2,1-4H3. The van der Waals surface area contributed by atoms with Crippen LogP contribution >= 0.6 is 15.9 Å². The number of nitrogens with zero attached hydrogens (tertiary/aromatic N) is 1. The molecule has 84 valence electrons. The molecule has 5 heteroatoms. The van der Waals surface area contributed by atoms with Gasteiger partial charge in [-0.15, -0.1) is 0 Å². The van der Waals surface area contributed by atoms with Gasteiger partial charge in [-0.2, -0.15) is 0 Å². The summed E-state index contributed by atoms with van der Waals surface area (Å²) in [5.41, 5.74) is 0. The monoisotopic (exact) mass is 283 g/mol. The van der Waals surface area contributed by atoms with Crippen molar-refractivity contribution < 1.29 is 8.42 Å². The Balaban J connectivity index is 2.88. The van der Waals surface area contributed by atoms with E-state index < -0.39 is 14.8 Å². The smallest absolute Gasteiger partial charge is 0.212 e. The lowest BCUT2D eigenvalue weighted by Gasteiger charge is -2.26. The number of hydrogen-bond donors (Lipinski definition) is 0. The summed E-state index contributed by atoms with van der Waals surface area (Å²) < 4.78 is 25.0. The maximum Gasteiger partial charge on any atom is 0.219 e. The Morgan fingerprint density at radius 1 is 1.29 bits per heavy atom. The summed E-state index contributed by atoms with van der Waals surface area (Å²) in [4.78, 5) is 0.291. The highest BCUT2D eigenvalue weighted by atomic mass is 79.9. The van der Waals surface area contributed by atoms with Crippen LogP contribution in [-0.2, 0) is 10.0 Å². The largest absolute Gasteiger partial charge is 0.219 e. The van der Waals surface area contributed by atoms with Crippen LogP contribution in [0, 0.1) is 5.92 Å². The fourth-order valence-corrected chi connectivity index (χ4v) is 3.74. The third-order valence-corrected chi connectivity index (χ3v) is 6.32. The summed E-state index contributed by atoms with van der Waals surface area (Å²) in [6, 6.07) is 0. The summed E-state index contributed by atoms with van der Waals surface area (Å²) in [6.07, 6.45) is 0. The molecule has 0 aromatic heterocycles.